The molecule has 0 spiro atoms. The molecule has 3 rings (SSSR count). The number of fused-ring (bicyclic) bond motifs is 1. The highest BCUT2D eigenvalue weighted by atomic mass is 16.5. The van der Waals surface area contributed by atoms with Gasteiger partial charge >= 0.3 is 0 Å². The van der Waals surface area contributed by atoms with Crippen molar-refractivity contribution in [2.75, 3.05) is 25.1 Å². The summed E-state index contributed by atoms with van der Waals surface area (Å²) in [7, 11) is 0. The molecule has 0 aliphatic carbocycles. The van der Waals surface area contributed by atoms with Crippen LogP contribution in [0.3, 0.4) is 0 Å². The lowest BCUT2D eigenvalue weighted by atomic mass is 10.0. The number of aryl methyl sites for hydroxylation is 3. The number of anilines is 1. The van der Waals surface area contributed by atoms with Gasteiger partial charge in [0.25, 0.3) is 0 Å². The molecule has 148 valence electrons. The number of nitrogens with one attached hydrogen (secondary N) is 2. The molecule has 1 heterocycles. The molecule has 1 aliphatic rings. The topological polar surface area (TPSA) is 76.7 Å². The van der Waals surface area contributed by atoms with Gasteiger partial charge in [0, 0.05) is 12.1 Å². The largest absolute Gasteiger partial charge is 0.493 e. The average Bonchev–Trinajstić information content (AvgIpc) is 2.68. The van der Waals surface area contributed by atoms with E-state index in [-0.39, 0.29) is 11.8 Å². The van der Waals surface area contributed by atoms with Gasteiger partial charge < -0.3 is 20.1 Å². The zero-order valence-electron chi connectivity index (χ0n) is 16.3. The average molecular weight is 382 g/mol. The third kappa shape index (κ3) is 5.49. The highest BCUT2D eigenvalue weighted by Gasteiger charge is 2.15. The highest BCUT2D eigenvalue weighted by molar-refractivity contribution is 5.94. The Morgan fingerprint density at radius 1 is 1.00 bits per heavy atom. The lowest BCUT2D eigenvalue weighted by Gasteiger charge is -2.17. The lowest BCUT2D eigenvalue weighted by Crippen LogP contribution is -2.29. The predicted molar refractivity (Wildman–Crippen MR) is 108 cm³/mol. The summed E-state index contributed by atoms with van der Waals surface area (Å²) in [5, 5.41) is 5.67. The second-order valence-electron chi connectivity index (χ2n) is 6.91. The van der Waals surface area contributed by atoms with Crippen molar-refractivity contribution in [1.82, 2.24) is 5.32 Å². The third-order valence-electron chi connectivity index (χ3n) is 4.74. The van der Waals surface area contributed by atoms with Crippen LogP contribution in [0.25, 0.3) is 0 Å². The fraction of sp³-hybridized carbons (Fsp3) is 0.364. The smallest absolute Gasteiger partial charge is 0.224 e. The monoisotopic (exact) mass is 382 g/mol. The molecule has 2 amide bonds. The van der Waals surface area contributed by atoms with Crippen LogP contribution in [0.2, 0.25) is 0 Å². The van der Waals surface area contributed by atoms with E-state index in [2.05, 4.69) is 17.6 Å². The SMILES string of the molecule is Cc1ccc(OCCC(=O)NCCOc2ccc3c(c2)CCC(=O)N3)cc1C. The Morgan fingerprint density at radius 3 is 2.57 bits per heavy atom. The lowest BCUT2D eigenvalue weighted by molar-refractivity contribution is -0.121. The van der Waals surface area contributed by atoms with Crippen molar-refractivity contribution in [1.29, 1.82) is 0 Å². The van der Waals surface area contributed by atoms with Gasteiger partial charge in [-0.2, -0.15) is 0 Å². The van der Waals surface area contributed by atoms with Gasteiger partial charge in [-0.15, -0.1) is 0 Å². The minimum Gasteiger partial charge on any atom is -0.493 e. The number of ether oxygens (including phenoxy) is 2. The Bertz CT molecular complexity index is 864. The summed E-state index contributed by atoms with van der Waals surface area (Å²) in [6.07, 6.45) is 1.51. The maximum atomic E-state index is 11.9. The molecule has 28 heavy (non-hydrogen) atoms. The van der Waals surface area contributed by atoms with Crippen LogP contribution in [0.15, 0.2) is 36.4 Å². The molecule has 0 radical (unpaired) electrons. The normalized spacial score (nSPS) is 12.7. The van der Waals surface area contributed by atoms with E-state index in [4.69, 9.17) is 9.47 Å². The standard InChI is InChI=1S/C22H26N2O4/c1-15-3-5-18(13-16(15)2)27-11-9-21(25)23-10-12-28-19-6-7-20-17(14-19)4-8-22(26)24-20/h3,5-7,13-14H,4,8-12H2,1-2H3,(H,23,25)(H,24,26). The third-order valence-corrected chi connectivity index (χ3v) is 4.74. The molecule has 0 bridgehead atoms. The first-order valence-electron chi connectivity index (χ1n) is 9.53. The molecule has 0 saturated carbocycles. The van der Waals surface area contributed by atoms with Gasteiger partial charge in [0.2, 0.25) is 11.8 Å². The van der Waals surface area contributed by atoms with Gasteiger partial charge in [-0.25, -0.2) is 0 Å². The molecule has 0 saturated heterocycles. The van der Waals surface area contributed by atoms with Crippen LogP contribution >= 0.6 is 0 Å². The molecule has 2 aromatic rings. The molecule has 0 unspecified atom stereocenters. The minimum absolute atomic E-state index is 0.0466. The van der Waals surface area contributed by atoms with Gasteiger partial charge in [-0.3, -0.25) is 9.59 Å². The first kappa shape index (κ1) is 19.7. The van der Waals surface area contributed by atoms with E-state index in [1.807, 2.05) is 43.3 Å². The van der Waals surface area contributed by atoms with Crippen molar-refractivity contribution in [3.8, 4) is 11.5 Å². The number of carbonyl (C=O) groups is 2. The van der Waals surface area contributed by atoms with Crippen molar-refractivity contribution in [3.05, 3.63) is 53.1 Å². The van der Waals surface area contributed by atoms with E-state index in [0.29, 0.717) is 32.6 Å². The summed E-state index contributed by atoms with van der Waals surface area (Å²) < 4.78 is 11.3. The molecular formula is C22H26N2O4. The number of carbonyl (C=O) groups excluding carboxylic acids is 2. The van der Waals surface area contributed by atoms with Crippen molar-refractivity contribution in [2.24, 2.45) is 0 Å². The van der Waals surface area contributed by atoms with Crippen LogP contribution in [0.5, 0.6) is 11.5 Å². The summed E-state index contributed by atoms with van der Waals surface area (Å²) in [5.41, 5.74) is 4.31. The van der Waals surface area contributed by atoms with Crippen molar-refractivity contribution in [3.63, 3.8) is 0 Å². The van der Waals surface area contributed by atoms with Crippen LogP contribution in [0.4, 0.5) is 5.69 Å². The fourth-order valence-electron chi connectivity index (χ4n) is 2.96. The quantitative estimate of drug-likeness (QED) is 0.688. The minimum atomic E-state index is -0.0689. The summed E-state index contributed by atoms with van der Waals surface area (Å²) in [6.45, 7) is 5.24. The Balaban J connectivity index is 1.33. The van der Waals surface area contributed by atoms with Gasteiger partial charge in [-0.1, -0.05) is 6.07 Å². The Morgan fingerprint density at radius 2 is 1.75 bits per heavy atom. The van der Waals surface area contributed by atoms with E-state index < -0.39 is 0 Å². The summed E-state index contributed by atoms with van der Waals surface area (Å²) in [4.78, 5) is 23.3. The predicted octanol–water partition coefficient (Wildman–Crippen LogP) is 3.15. The van der Waals surface area contributed by atoms with Crippen molar-refractivity contribution >= 4 is 17.5 Å². The molecule has 1 aliphatic heterocycles. The molecule has 0 aromatic heterocycles. The Labute approximate surface area is 165 Å². The van der Waals surface area contributed by atoms with Crippen LogP contribution in [0, 0.1) is 13.8 Å². The molecule has 6 nitrogen and oxygen atoms in total. The summed E-state index contributed by atoms with van der Waals surface area (Å²) in [5.74, 6) is 1.50. The molecule has 2 aromatic carbocycles. The van der Waals surface area contributed by atoms with E-state index in [1.54, 1.807) is 0 Å². The van der Waals surface area contributed by atoms with Gasteiger partial charge in [-0.05, 0) is 67.3 Å². The number of hydrogen-bond donors (Lipinski definition) is 2. The maximum absolute atomic E-state index is 11.9. The number of rotatable bonds is 8. The highest BCUT2D eigenvalue weighted by Crippen LogP contribution is 2.26. The Hall–Kier alpha value is -3.02. The van der Waals surface area contributed by atoms with Crippen LogP contribution in [-0.4, -0.2) is 31.6 Å². The Kier molecular flexibility index (Phi) is 6.53. The zero-order chi connectivity index (χ0) is 19.9. The number of benzene rings is 2. The first-order chi connectivity index (χ1) is 13.5. The number of amides is 2. The van der Waals surface area contributed by atoms with E-state index in [0.717, 1.165) is 29.2 Å². The zero-order valence-corrected chi connectivity index (χ0v) is 16.3. The molecule has 0 atom stereocenters. The maximum Gasteiger partial charge on any atom is 0.224 e. The van der Waals surface area contributed by atoms with Gasteiger partial charge in [0.15, 0.2) is 0 Å². The molecule has 0 fully saturated rings. The fourth-order valence-corrected chi connectivity index (χ4v) is 2.96. The summed E-state index contributed by atoms with van der Waals surface area (Å²) in [6, 6.07) is 11.5. The van der Waals surface area contributed by atoms with E-state index >= 15 is 0 Å². The van der Waals surface area contributed by atoms with Crippen LogP contribution < -0.4 is 20.1 Å². The molecular weight excluding hydrogens is 356 g/mol. The van der Waals surface area contributed by atoms with Gasteiger partial charge in [0.1, 0.15) is 18.1 Å². The van der Waals surface area contributed by atoms with Crippen LogP contribution in [0.1, 0.15) is 29.5 Å². The summed E-state index contributed by atoms with van der Waals surface area (Å²) >= 11 is 0. The molecule has 2 N–H and O–H groups in total. The van der Waals surface area contributed by atoms with E-state index in [1.165, 1.54) is 11.1 Å². The van der Waals surface area contributed by atoms with Crippen molar-refractivity contribution < 1.29 is 19.1 Å². The second kappa shape index (κ2) is 9.26. The van der Waals surface area contributed by atoms with Crippen LogP contribution in [-0.2, 0) is 16.0 Å². The first-order valence-corrected chi connectivity index (χ1v) is 9.53. The second-order valence-corrected chi connectivity index (χ2v) is 6.91. The molecule has 6 heteroatoms. The van der Waals surface area contributed by atoms with E-state index in [9.17, 15) is 9.59 Å². The number of hydrogen-bond acceptors (Lipinski definition) is 4. The van der Waals surface area contributed by atoms with Gasteiger partial charge in [0.05, 0.1) is 19.6 Å². The van der Waals surface area contributed by atoms with Crippen molar-refractivity contribution in [2.45, 2.75) is 33.1 Å².